The molecule has 1 saturated heterocycles. The molecular formula is C20H21FN6O2. The predicted molar refractivity (Wildman–Crippen MR) is 103 cm³/mol. The minimum atomic E-state index is -0.781. The fourth-order valence-electron chi connectivity index (χ4n) is 3.93. The van der Waals surface area contributed by atoms with Gasteiger partial charge in [-0.2, -0.15) is 4.98 Å². The van der Waals surface area contributed by atoms with Crippen LogP contribution in [0.15, 0.2) is 29.0 Å². The molecule has 0 bridgehead atoms. The first-order chi connectivity index (χ1) is 14.0. The summed E-state index contributed by atoms with van der Waals surface area (Å²) in [6.45, 7) is 5.31. The summed E-state index contributed by atoms with van der Waals surface area (Å²) in [5.41, 5.74) is 1.94. The van der Waals surface area contributed by atoms with Crippen LogP contribution in [0.3, 0.4) is 0 Å². The summed E-state index contributed by atoms with van der Waals surface area (Å²) in [4.78, 5) is 24.0. The van der Waals surface area contributed by atoms with Crippen LogP contribution in [0.2, 0.25) is 0 Å². The molecule has 1 amide bonds. The van der Waals surface area contributed by atoms with Crippen molar-refractivity contribution in [3.8, 4) is 17.2 Å². The van der Waals surface area contributed by atoms with E-state index in [-0.39, 0.29) is 17.5 Å². The van der Waals surface area contributed by atoms with Crippen LogP contribution in [0.5, 0.6) is 0 Å². The molecule has 0 unspecified atom stereocenters. The van der Waals surface area contributed by atoms with E-state index in [9.17, 15) is 9.18 Å². The van der Waals surface area contributed by atoms with Gasteiger partial charge in [-0.15, -0.1) is 0 Å². The normalized spacial score (nSPS) is 17.9. The van der Waals surface area contributed by atoms with Gasteiger partial charge in [-0.25, -0.2) is 9.37 Å². The highest BCUT2D eigenvalue weighted by atomic mass is 19.1. The van der Waals surface area contributed by atoms with Crippen LogP contribution >= 0.6 is 0 Å². The lowest BCUT2D eigenvalue weighted by Crippen LogP contribution is -2.39. The van der Waals surface area contributed by atoms with Crippen molar-refractivity contribution in [2.75, 3.05) is 18.4 Å². The maximum atomic E-state index is 14.5. The standard InChI is InChI=1S/C20H21FN6O2/c1-11(2)19-24-18(25-29-19)15-17-16(20(28)26-8-3-4-9-26)23-14-12(21)6-5-7-13(14)27(17)10-22-15/h5-7,10-11,16,23H,3-4,8-9H2,1-2H3/t16-/m0/s1. The largest absolute Gasteiger partial charge is 0.365 e. The SMILES string of the molecule is CC(C)c1nc(-c2ncn3c2[C@@H](C(=O)N2CCCC2)Nc2c(F)cccc2-3)no1. The number of imidazole rings is 1. The first-order valence-corrected chi connectivity index (χ1v) is 9.80. The van der Waals surface area contributed by atoms with E-state index in [1.165, 1.54) is 6.07 Å². The Kier molecular flexibility index (Phi) is 4.11. The zero-order valence-corrected chi connectivity index (χ0v) is 16.2. The van der Waals surface area contributed by atoms with Gasteiger partial charge in [0.2, 0.25) is 11.7 Å². The molecule has 1 aromatic carbocycles. The molecule has 0 spiro atoms. The molecule has 2 aliphatic heterocycles. The summed E-state index contributed by atoms with van der Waals surface area (Å²) in [5, 5.41) is 7.17. The number of carbonyl (C=O) groups excluding carboxylic acids is 1. The molecule has 2 aromatic heterocycles. The van der Waals surface area contributed by atoms with Gasteiger partial charge in [0.05, 0.1) is 17.1 Å². The van der Waals surface area contributed by atoms with E-state index in [1.807, 2.05) is 13.8 Å². The Bertz CT molecular complexity index is 1080. The summed E-state index contributed by atoms with van der Waals surface area (Å²) in [6.07, 6.45) is 3.52. The van der Waals surface area contributed by atoms with Crippen molar-refractivity contribution in [2.45, 2.75) is 38.6 Å². The monoisotopic (exact) mass is 396 g/mol. The minimum absolute atomic E-state index is 0.0738. The van der Waals surface area contributed by atoms with Crippen molar-refractivity contribution in [1.82, 2.24) is 24.6 Å². The molecule has 0 aliphatic carbocycles. The molecule has 1 atom stereocenters. The van der Waals surface area contributed by atoms with Crippen LogP contribution in [0.1, 0.15) is 50.2 Å². The first kappa shape index (κ1) is 17.8. The Morgan fingerprint density at radius 2 is 2.10 bits per heavy atom. The molecule has 4 heterocycles. The fraction of sp³-hybridized carbons (Fsp3) is 0.400. The summed E-state index contributed by atoms with van der Waals surface area (Å²) in [6, 6.07) is 4.01. The van der Waals surface area contributed by atoms with Gasteiger partial charge in [0, 0.05) is 19.0 Å². The lowest BCUT2D eigenvalue weighted by Gasteiger charge is -2.31. The maximum absolute atomic E-state index is 14.5. The predicted octanol–water partition coefficient (Wildman–Crippen LogP) is 3.27. The molecule has 150 valence electrons. The number of carbonyl (C=O) groups is 1. The molecule has 0 radical (unpaired) electrons. The number of nitrogens with one attached hydrogen (secondary N) is 1. The van der Waals surface area contributed by atoms with E-state index in [2.05, 4.69) is 20.4 Å². The number of likely N-dealkylation sites (tertiary alicyclic amines) is 1. The molecule has 29 heavy (non-hydrogen) atoms. The van der Waals surface area contributed by atoms with E-state index >= 15 is 0 Å². The van der Waals surface area contributed by atoms with Crippen LogP contribution in [-0.2, 0) is 4.79 Å². The van der Waals surface area contributed by atoms with Crippen LogP contribution in [0.25, 0.3) is 17.2 Å². The molecule has 0 saturated carbocycles. The molecular weight excluding hydrogens is 375 g/mol. The number of hydrogen-bond donors (Lipinski definition) is 1. The van der Waals surface area contributed by atoms with Crippen molar-refractivity contribution in [3.05, 3.63) is 41.9 Å². The Balaban J connectivity index is 1.66. The van der Waals surface area contributed by atoms with E-state index in [0.717, 1.165) is 12.8 Å². The summed E-state index contributed by atoms with van der Waals surface area (Å²) in [5.74, 6) is 0.378. The third-order valence-corrected chi connectivity index (χ3v) is 5.43. The van der Waals surface area contributed by atoms with E-state index in [1.54, 1.807) is 27.9 Å². The quantitative estimate of drug-likeness (QED) is 0.731. The number of benzene rings is 1. The Hall–Kier alpha value is -3.23. The van der Waals surface area contributed by atoms with E-state index < -0.39 is 11.9 Å². The second-order valence-electron chi connectivity index (χ2n) is 7.70. The van der Waals surface area contributed by atoms with Gasteiger partial charge in [0.25, 0.3) is 5.91 Å². The molecule has 3 aromatic rings. The molecule has 1 N–H and O–H groups in total. The van der Waals surface area contributed by atoms with Gasteiger partial charge in [-0.1, -0.05) is 25.1 Å². The maximum Gasteiger partial charge on any atom is 0.251 e. The smallest absolute Gasteiger partial charge is 0.251 e. The second kappa shape index (κ2) is 6.68. The number of aromatic nitrogens is 4. The number of hydrogen-bond acceptors (Lipinski definition) is 6. The Morgan fingerprint density at radius 3 is 2.83 bits per heavy atom. The Morgan fingerprint density at radius 1 is 1.31 bits per heavy atom. The Labute approximate surface area is 166 Å². The number of rotatable bonds is 3. The zero-order chi connectivity index (χ0) is 20.1. The van der Waals surface area contributed by atoms with Gasteiger partial charge < -0.3 is 14.7 Å². The topological polar surface area (TPSA) is 89.1 Å². The second-order valence-corrected chi connectivity index (χ2v) is 7.70. The van der Waals surface area contributed by atoms with Crippen LogP contribution in [-0.4, -0.2) is 43.6 Å². The van der Waals surface area contributed by atoms with Gasteiger partial charge in [0.1, 0.15) is 23.9 Å². The van der Waals surface area contributed by atoms with Crippen molar-refractivity contribution < 1.29 is 13.7 Å². The van der Waals surface area contributed by atoms with E-state index in [4.69, 9.17) is 4.52 Å². The average Bonchev–Trinajstić information content (AvgIpc) is 3.46. The fourth-order valence-corrected chi connectivity index (χ4v) is 3.93. The zero-order valence-electron chi connectivity index (χ0n) is 16.2. The third kappa shape index (κ3) is 2.80. The lowest BCUT2D eigenvalue weighted by molar-refractivity contribution is -0.131. The van der Waals surface area contributed by atoms with Crippen LogP contribution in [0.4, 0.5) is 10.1 Å². The van der Waals surface area contributed by atoms with Gasteiger partial charge in [0.15, 0.2) is 0 Å². The lowest BCUT2D eigenvalue weighted by atomic mass is 10.0. The minimum Gasteiger partial charge on any atom is -0.365 e. The van der Waals surface area contributed by atoms with Crippen molar-refractivity contribution in [1.29, 1.82) is 0 Å². The van der Waals surface area contributed by atoms with Gasteiger partial charge >= 0.3 is 0 Å². The number of para-hydroxylation sites is 1. The van der Waals surface area contributed by atoms with Gasteiger partial charge in [-0.05, 0) is 25.0 Å². The number of fused-ring (bicyclic) bond motifs is 3. The summed E-state index contributed by atoms with van der Waals surface area (Å²) >= 11 is 0. The number of amides is 1. The van der Waals surface area contributed by atoms with Crippen molar-refractivity contribution in [3.63, 3.8) is 0 Å². The highest BCUT2D eigenvalue weighted by molar-refractivity contribution is 5.90. The highest BCUT2D eigenvalue weighted by Gasteiger charge is 2.38. The molecule has 9 heteroatoms. The van der Waals surface area contributed by atoms with Crippen LogP contribution in [0, 0.1) is 5.82 Å². The van der Waals surface area contributed by atoms with Crippen LogP contribution < -0.4 is 5.32 Å². The molecule has 1 fully saturated rings. The number of nitrogens with zero attached hydrogens (tertiary/aromatic N) is 5. The number of halogens is 1. The average molecular weight is 396 g/mol. The molecule has 5 rings (SSSR count). The highest BCUT2D eigenvalue weighted by Crippen LogP contribution is 2.40. The van der Waals surface area contributed by atoms with Gasteiger partial charge in [-0.3, -0.25) is 9.36 Å². The summed E-state index contributed by atoms with van der Waals surface area (Å²) < 4.78 is 21.6. The molecule has 8 nitrogen and oxygen atoms in total. The molecule has 2 aliphatic rings. The van der Waals surface area contributed by atoms with E-state index in [0.29, 0.717) is 41.9 Å². The third-order valence-electron chi connectivity index (χ3n) is 5.43. The first-order valence-electron chi connectivity index (χ1n) is 9.80. The number of anilines is 1. The van der Waals surface area contributed by atoms with Crippen molar-refractivity contribution in [2.24, 2.45) is 0 Å². The van der Waals surface area contributed by atoms with Crippen molar-refractivity contribution >= 4 is 11.6 Å². The summed E-state index contributed by atoms with van der Waals surface area (Å²) in [7, 11) is 0.